The number of likely N-dealkylation sites (tertiary alicyclic amines) is 1. The smallest absolute Gasteiger partial charge is 0.295 e. The monoisotopic (exact) mass is 575 g/mol. The third-order valence-electron chi connectivity index (χ3n) is 7.32. The van der Waals surface area contributed by atoms with Crippen molar-refractivity contribution < 1.29 is 33.6 Å². The molecule has 1 N–H and O–H groups in total. The molecule has 0 radical (unpaired) electrons. The topological polar surface area (TPSA) is 112 Å². The van der Waals surface area contributed by atoms with Gasteiger partial charge in [-0.25, -0.2) is 4.98 Å². The van der Waals surface area contributed by atoms with Crippen LogP contribution in [0.15, 0.2) is 60.7 Å². The lowest BCUT2D eigenvalue weighted by atomic mass is 9.94. The first-order chi connectivity index (χ1) is 20.5. The Balaban J connectivity index is 1.53. The summed E-state index contributed by atoms with van der Waals surface area (Å²) in [7, 11) is 0. The lowest BCUT2D eigenvalue weighted by Crippen LogP contribution is -2.31. The van der Waals surface area contributed by atoms with E-state index in [0.29, 0.717) is 80.1 Å². The summed E-state index contributed by atoms with van der Waals surface area (Å²) < 4.78 is 25.2. The maximum atomic E-state index is 13.5. The quantitative estimate of drug-likeness (QED) is 0.129. The molecule has 2 aliphatic rings. The molecule has 0 spiro atoms. The maximum absolute atomic E-state index is 13.5. The molecule has 3 heterocycles. The Hall–Kier alpha value is -4.47. The highest BCUT2D eigenvalue weighted by molar-refractivity contribution is 6.46. The van der Waals surface area contributed by atoms with Crippen LogP contribution in [-0.4, -0.2) is 64.2 Å². The molecule has 1 fully saturated rings. The van der Waals surface area contributed by atoms with E-state index in [1.54, 1.807) is 36.8 Å². The van der Waals surface area contributed by atoms with Crippen molar-refractivity contribution in [2.75, 3.05) is 33.0 Å². The number of hydrogen-bond acceptors (Lipinski definition) is 8. The van der Waals surface area contributed by atoms with Gasteiger partial charge in [0.2, 0.25) is 0 Å². The summed E-state index contributed by atoms with van der Waals surface area (Å²) in [6.07, 6.45) is 8.92. The third-order valence-corrected chi connectivity index (χ3v) is 7.32. The number of hydrogen-bond donors (Lipinski definition) is 1. The van der Waals surface area contributed by atoms with Gasteiger partial charge in [-0.15, -0.1) is 0 Å². The van der Waals surface area contributed by atoms with Crippen molar-refractivity contribution in [2.24, 2.45) is 0 Å². The lowest BCUT2D eigenvalue weighted by Gasteiger charge is -2.26. The maximum Gasteiger partial charge on any atom is 0.295 e. The fourth-order valence-electron chi connectivity index (χ4n) is 5.26. The van der Waals surface area contributed by atoms with Crippen LogP contribution in [0.1, 0.15) is 56.7 Å². The van der Waals surface area contributed by atoms with Gasteiger partial charge in [0, 0.05) is 31.0 Å². The van der Waals surface area contributed by atoms with Crippen molar-refractivity contribution in [2.45, 2.75) is 52.1 Å². The minimum atomic E-state index is -0.825. The summed E-state index contributed by atoms with van der Waals surface area (Å²) >= 11 is 0. The lowest BCUT2D eigenvalue weighted by molar-refractivity contribution is -0.139. The molecule has 1 atom stereocenters. The normalized spacial score (nSPS) is 17.5. The Morgan fingerprint density at radius 2 is 1.81 bits per heavy atom. The zero-order chi connectivity index (χ0) is 29.5. The zero-order valence-corrected chi connectivity index (χ0v) is 24.1. The van der Waals surface area contributed by atoms with Crippen molar-refractivity contribution in [3.8, 4) is 23.0 Å². The molecular formula is C32H37N3O7. The van der Waals surface area contributed by atoms with E-state index in [9.17, 15) is 14.7 Å². The molecule has 42 heavy (non-hydrogen) atoms. The average molecular weight is 576 g/mol. The number of ketones is 1. The molecule has 1 aromatic heterocycles. The highest BCUT2D eigenvalue weighted by Gasteiger charge is 2.46. The summed E-state index contributed by atoms with van der Waals surface area (Å²) in [5, 5.41) is 11.5. The van der Waals surface area contributed by atoms with E-state index in [1.807, 2.05) is 29.8 Å². The number of aromatic nitrogens is 2. The van der Waals surface area contributed by atoms with Gasteiger partial charge < -0.3 is 33.5 Å². The summed E-state index contributed by atoms with van der Waals surface area (Å²) in [4.78, 5) is 32.6. The molecule has 1 amide bonds. The summed E-state index contributed by atoms with van der Waals surface area (Å²) in [6.45, 7) is 6.72. The van der Waals surface area contributed by atoms with Crippen LogP contribution in [-0.2, 0) is 16.1 Å². The highest BCUT2D eigenvalue weighted by Crippen LogP contribution is 2.43. The summed E-state index contributed by atoms with van der Waals surface area (Å²) in [5.74, 6) is 0.473. The number of nitrogens with zero attached hydrogens (tertiary/aromatic N) is 3. The molecule has 2 aromatic carbocycles. The fraction of sp³-hybridized carbons (Fsp3) is 0.406. The molecule has 0 aliphatic carbocycles. The first kappa shape index (κ1) is 29.0. The standard InChI is InChI=1S/C32H37N3O7/c1-3-5-6-16-40-24-10-8-22(19-26(24)39-4-2)29-28(30(36)23-9-11-25-27(20-23)42-18-17-41-25)31(37)32(38)35(29)14-7-13-34-15-12-33-21-34/h8-12,15,19-21,29,36H,3-7,13-14,16-18H2,1-2H3/t29-/m1/s1. The predicted molar refractivity (Wildman–Crippen MR) is 156 cm³/mol. The molecule has 10 nitrogen and oxygen atoms in total. The molecule has 0 unspecified atom stereocenters. The molecule has 0 bridgehead atoms. The van der Waals surface area contributed by atoms with Gasteiger partial charge in [-0.1, -0.05) is 25.8 Å². The van der Waals surface area contributed by atoms with E-state index in [4.69, 9.17) is 18.9 Å². The first-order valence-electron chi connectivity index (χ1n) is 14.6. The number of aryl methyl sites for hydroxylation is 1. The van der Waals surface area contributed by atoms with Crippen LogP contribution in [0.3, 0.4) is 0 Å². The molecular weight excluding hydrogens is 538 g/mol. The molecule has 1 saturated heterocycles. The van der Waals surface area contributed by atoms with Crippen LogP contribution >= 0.6 is 0 Å². The van der Waals surface area contributed by atoms with E-state index >= 15 is 0 Å². The Morgan fingerprint density at radius 1 is 0.976 bits per heavy atom. The van der Waals surface area contributed by atoms with Crippen LogP contribution in [0, 0.1) is 0 Å². The number of imidazole rings is 1. The molecule has 5 rings (SSSR count). The van der Waals surface area contributed by atoms with E-state index in [0.717, 1.165) is 19.3 Å². The van der Waals surface area contributed by atoms with E-state index < -0.39 is 17.7 Å². The van der Waals surface area contributed by atoms with Crippen LogP contribution < -0.4 is 18.9 Å². The molecule has 10 heteroatoms. The first-order valence-corrected chi connectivity index (χ1v) is 14.6. The van der Waals surface area contributed by atoms with Crippen molar-refractivity contribution in [3.05, 3.63) is 71.8 Å². The number of rotatable bonds is 13. The molecule has 222 valence electrons. The van der Waals surface area contributed by atoms with Gasteiger partial charge in [0.05, 0.1) is 31.2 Å². The van der Waals surface area contributed by atoms with E-state index in [-0.39, 0.29) is 11.3 Å². The number of ether oxygens (including phenoxy) is 4. The highest BCUT2D eigenvalue weighted by atomic mass is 16.6. The number of carbonyl (C=O) groups excluding carboxylic acids is 2. The Labute approximate surface area is 245 Å². The summed E-state index contributed by atoms with van der Waals surface area (Å²) in [6, 6.07) is 9.59. The third kappa shape index (κ3) is 6.22. The largest absolute Gasteiger partial charge is 0.507 e. The molecule has 3 aromatic rings. The fourth-order valence-corrected chi connectivity index (χ4v) is 5.26. The SMILES string of the molecule is CCCCCOc1ccc([C@@H]2C(=C(O)c3ccc4c(c3)OCCO4)C(=O)C(=O)N2CCCn2ccnc2)cc1OCC. The predicted octanol–water partition coefficient (Wildman–Crippen LogP) is 5.13. The molecule has 0 saturated carbocycles. The van der Waals surface area contributed by atoms with Gasteiger partial charge in [0.25, 0.3) is 11.7 Å². The number of aliphatic hydroxyl groups is 1. The molecule has 2 aliphatic heterocycles. The van der Waals surface area contributed by atoms with Crippen LogP contribution in [0.5, 0.6) is 23.0 Å². The van der Waals surface area contributed by atoms with Crippen molar-refractivity contribution in [1.82, 2.24) is 14.5 Å². The Morgan fingerprint density at radius 3 is 2.57 bits per heavy atom. The number of carbonyl (C=O) groups is 2. The van der Waals surface area contributed by atoms with Gasteiger partial charge in [0.15, 0.2) is 23.0 Å². The van der Waals surface area contributed by atoms with E-state index in [1.165, 1.54) is 4.90 Å². The minimum Gasteiger partial charge on any atom is -0.507 e. The van der Waals surface area contributed by atoms with Crippen molar-refractivity contribution in [1.29, 1.82) is 0 Å². The number of aliphatic hydroxyl groups excluding tert-OH is 1. The van der Waals surface area contributed by atoms with Gasteiger partial charge in [0.1, 0.15) is 19.0 Å². The number of Topliss-reactive ketones (excluding diaryl/α,β-unsaturated/α-hetero) is 1. The number of amides is 1. The minimum absolute atomic E-state index is 0.0124. The number of fused-ring (bicyclic) bond motifs is 1. The van der Waals surface area contributed by atoms with Gasteiger partial charge in [-0.3, -0.25) is 9.59 Å². The average Bonchev–Trinajstić information content (AvgIpc) is 3.62. The summed E-state index contributed by atoms with van der Waals surface area (Å²) in [5.41, 5.74) is 1.01. The van der Waals surface area contributed by atoms with Gasteiger partial charge in [-0.2, -0.15) is 0 Å². The zero-order valence-electron chi connectivity index (χ0n) is 24.1. The van der Waals surface area contributed by atoms with Crippen LogP contribution in [0.4, 0.5) is 0 Å². The van der Waals surface area contributed by atoms with Crippen molar-refractivity contribution >= 4 is 17.4 Å². The van der Waals surface area contributed by atoms with E-state index in [2.05, 4.69) is 11.9 Å². The number of benzene rings is 2. The second kappa shape index (κ2) is 13.5. The Bertz CT molecular complexity index is 1430. The van der Waals surface area contributed by atoms with Crippen LogP contribution in [0.25, 0.3) is 5.76 Å². The van der Waals surface area contributed by atoms with Gasteiger partial charge in [-0.05, 0) is 55.7 Å². The number of unbranched alkanes of at least 4 members (excludes halogenated alkanes) is 2. The second-order valence-electron chi connectivity index (χ2n) is 10.2. The Kier molecular flexibility index (Phi) is 9.31. The van der Waals surface area contributed by atoms with Crippen molar-refractivity contribution in [3.63, 3.8) is 0 Å². The van der Waals surface area contributed by atoms with Crippen LogP contribution in [0.2, 0.25) is 0 Å². The van der Waals surface area contributed by atoms with Gasteiger partial charge >= 0.3 is 0 Å². The second-order valence-corrected chi connectivity index (χ2v) is 10.2.